The molecule has 0 aliphatic rings. The van der Waals surface area contributed by atoms with Crippen LogP contribution in [-0.2, 0) is 31.8 Å². The Hall–Kier alpha value is -3.50. The number of carbonyl (C=O) groups excluding carboxylic acids is 1. The van der Waals surface area contributed by atoms with Gasteiger partial charge in [0.05, 0.1) is 26.1 Å². The van der Waals surface area contributed by atoms with Crippen molar-refractivity contribution >= 4 is 42.1 Å². The van der Waals surface area contributed by atoms with Gasteiger partial charge in [-0.2, -0.15) is 0 Å². The number of rotatable bonds is 12. The summed E-state index contributed by atoms with van der Waals surface area (Å²) in [5.74, 6) is 0.00115. The molecule has 4 rings (SSSR count). The predicted octanol–water partition coefficient (Wildman–Crippen LogP) is 4.07. The van der Waals surface area contributed by atoms with Crippen molar-refractivity contribution in [3.05, 3.63) is 77.8 Å². The van der Waals surface area contributed by atoms with Gasteiger partial charge in [-0.05, 0) is 43.2 Å². The number of methoxy groups -OCH3 is 1. The first-order valence-corrected chi connectivity index (χ1v) is 13.9. The second-order valence-corrected chi connectivity index (χ2v) is 11.0. The lowest BCUT2D eigenvalue weighted by Crippen LogP contribution is -2.39. The zero-order valence-electron chi connectivity index (χ0n) is 20.9. The average Bonchev–Trinajstić information content (AvgIpc) is 3.32. The number of benzene rings is 2. The SMILES string of the molecule is COC(=O)[C@@H](Cc1ccccc1)NP(=O)(CO[C@H](C)Cn1cnc2c(N)ncnc21)Oc1ccc(Cl)cc1. The fourth-order valence-electron chi connectivity index (χ4n) is 3.75. The molecule has 38 heavy (non-hydrogen) atoms. The normalized spacial score (nSPS) is 14.5. The van der Waals surface area contributed by atoms with E-state index in [1.54, 1.807) is 35.2 Å². The zero-order chi connectivity index (χ0) is 27.1. The maximum absolute atomic E-state index is 14.1. The summed E-state index contributed by atoms with van der Waals surface area (Å²) in [4.78, 5) is 25.1. The number of fused-ring (bicyclic) bond motifs is 1. The monoisotopic (exact) mass is 558 g/mol. The van der Waals surface area contributed by atoms with Gasteiger partial charge in [0.15, 0.2) is 11.5 Å². The first-order chi connectivity index (χ1) is 18.3. The topological polar surface area (TPSA) is 143 Å². The highest BCUT2D eigenvalue weighted by atomic mass is 35.5. The summed E-state index contributed by atoms with van der Waals surface area (Å²) >= 11 is 5.99. The Morgan fingerprint density at radius 1 is 1.13 bits per heavy atom. The van der Waals surface area contributed by atoms with Crippen LogP contribution < -0.4 is 15.3 Å². The number of aromatic nitrogens is 4. The second kappa shape index (κ2) is 12.4. The van der Waals surface area contributed by atoms with Crippen LogP contribution in [0.5, 0.6) is 5.75 Å². The number of hydrogen-bond donors (Lipinski definition) is 2. The van der Waals surface area contributed by atoms with Crippen molar-refractivity contribution in [2.45, 2.75) is 32.0 Å². The number of esters is 1. The van der Waals surface area contributed by atoms with E-state index in [9.17, 15) is 9.36 Å². The molecular weight excluding hydrogens is 531 g/mol. The number of imidazole rings is 1. The fraction of sp³-hybridized carbons (Fsp3) is 0.280. The Balaban J connectivity index is 1.52. The number of ether oxygens (including phenoxy) is 2. The fourth-order valence-corrected chi connectivity index (χ4v) is 5.64. The minimum atomic E-state index is -3.80. The van der Waals surface area contributed by atoms with E-state index in [4.69, 9.17) is 31.3 Å². The molecule has 200 valence electrons. The van der Waals surface area contributed by atoms with Crippen LogP contribution in [0.15, 0.2) is 67.3 Å². The summed E-state index contributed by atoms with van der Waals surface area (Å²) in [6, 6.07) is 14.8. The molecule has 3 atom stereocenters. The first-order valence-electron chi connectivity index (χ1n) is 11.7. The number of carbonyl (C=O) groups is 1. The minimum Gasteiger partial charge on any atom is -0.468 e. The number of nitrogens with two attached hydrogens (primary N) is 1. The van der Waals surface area contributed by atoms with E-state index in [2.05, 4.69) is 20.0 Å². The molecule has 0 radical (unpaired) electrons. The Morgan fingerprint density at radius 2 is 1.87 bits per heavy atom. The van der Waals surface area contributed by atoms with E-state index in [0.717, 1.165) is 5.56 Å². The van der Waals surface area contributed by atoms with Gasteiger partial charge in [-0.1, -0.05) is 41.9 Å². The van der Waals surface area contributed by atoms with Gasteiger partial charge >= 0.3 is 13.5 Å². The molecule has 2 heterocycles. The maximum atomic E-state index is 14.1. The number of halogens is 1. The summed E-state index contributed by atoms with van der Waals surface area (Å²) in [6.45, 7) is 2.16. The van der Waals surface area contributed by atoms with Crippen LogP contribution in [0, 0.1) is 0 Å². The smallest absolute Gasteiger partial charge is 0.342 e. The van der Waals surface area contributed by atoms with Gasteiger partial charge in [-0.25, -0.2) is 20.0 Å². The third-order valence-electron chi connectivity index (χ3n) is 5.60. The molecule has 4 aromatic rings. The molecule has 0 saturated carbocycles. The summed E-state index contributed by atoms with van der Waals surface area (Å²) < 4.78 is 32.7. The quantitative estimate of drug-likeness (QED) is 0.193. The summed E-state index contributed by atoms with van der Waals surface area (Å²) in [6.07, 6.45) is 2.42. The molecule has 0 aliphatic heterocycles. The molecule has 3 N–H and O–H groups in total. The highest BCUT2D eigenvalue weighted by molar-refractivity contribution is 7.57. The number of anilines is 1. The molecule has 2 aromatic heterocycles. The molecule has 0 spiro atoms. The highest BCUT2D eigenvalue weighted by Gasteiger charge is 2.34. The largest absolute Gasteiger partial charge is 0.468 e. The molecule has 2 aromatic carbocycles. The van der Waals surface area contributed by atoms with Crippen LogP contribution in [0.25, 0.3) is 11.2 Å². The Morgan fingerprint density at radius 3 is 2.58 bits per heavy atom. The van der Waals surface area contributed by atoms with Crippen LogP contribution in [0.3, 0.4) is 0 Å². The van der Waals surface area contributed by atoms with Gasteiger partial charge in [0, 0.05) is 5.02 Å². The molecule has 0 fully saturated rings. The Kier molecular flexibility index (Phi) is 8.96. The molecule has 0 bridgehead atoms. The van der Waals surface area contributed by atoms with Crippen molar-refractivity contribution in [3.63, 3.8) is 0 Å². The number of nitrogens with zero attached hydrogens (tertiary/aromatic N) is 4. The molecule has 0 amide bonds. The van der Waals surface area contributed by atoms with Crippen LogP contribution in [0.1, 0.15) is 12.5 Å². The minimum absolute atomic E-state index is 0.235. The second-order valence-electron chi connectivity index (χ2n) is 8.55. The van der Waals surface area contributed by atoms with E-state index in [-0.39, 0.29) is 18.6 Å². The molecular formula is C25H28ClN6O5P. The third kappa shape index (κ3) is 7.08. The zero-order valence-corrected chi connectivity index (χ0v) is 22.5. The molecule has 0 aliphatic carbocycles. The van der Waals surface area contributed by atoms with Crippen LogP contribution in [0.4, 0.5) is 5.82 Å². The van der Waals surface area contributed by atoms with Gasteiger partial charge in [0.1, 0.15) is 30.0 Å². The van der Waals surface area contributed by atoms with Crippen LogP contribution >= 0.6 is 19.1 Å². The molecule has 13 heteroatoms. The van der Waals surface area contributed by atoms with Crippen molar-refractivity contribution in [1.29, 1.82) is 0 Å². The van der Waals surface area contributed by atoms with Crippen molar-refractivity contribution in [3.8, 4) is 5.75 Å². The van der Waals surface area contributed by atoms with E-state index in [1.165, 1.54) is 13.4 Å². The van der Waals surface area contributed by atoms with Gasteiger partial charge in [-0.3, -0.25) is 9.36 Å². The maximum Gasteiger partial charge on any atom is 0.342 e. The van der Waals surface area contributed by atoms with Crippen LogP contribution in [-0.4, -0.2) is 51.1 Å². The third-order valence-corrected chi connectivity index (χ3v) is 7.55. The van der Waals surface area contributed by atoms with Crippen LogP contribution in [0.2, 0.25) is 5.02 Å². The Labute approximate surface area is 224 Å². The average molecular weight is 559 g/mol. The van der Waals surface area contributed by atoms with Crippen molar-refractivity contribution < 1.29 is 23.4 Å². The lowest BCUT2D eigenvalue weighted by Gasteiger charge is -2.26. The first kappa shape index (κ1) is 27.5. The summed E-state index contributed by atoms with van der Waals surface area (Å²) in [7, 11) is -2.53. The Bertz CT molecular complexity index is 1420. The number of nitrogens with one attached hydrogen (secondary N) is 1. The van der Waals surface area contributed by atoms with E-state index in [0.29, 0.717) is 28.5 Å². The highest BCUT2D eigenvalue weighted by Crippen LogP contribution is 2.44. The standard InChI is InChI=1S/C25H28ClN6O5P/c1-17(13-32-15-30-22-23(27)28-14-29-24(22)32)36-16-38(34,37-20-10-8-19(26)9-11-20)31-21(25(33)35-2)12-18-6-4-3-5-7-18/h3-11,14-15,17,21H,12-13,16H2,1-2H3,(H,31,34)(H2,27,28,29)/t17-,21-,38?/m1/s1. The lowest BCUT2D eigenvalue weighted by molar-refractivity contribution is -0.142. The van der Waals surface area contributed by atoms with E-state index in [1.807, 2.05) is 37.3 Å². The van der Waals surface area contributed by atoms with Crippen molar-refractivity contribution in [1.82, 2.24) is 24.6 Å². The van der Waals surface area contributed by atoms with Gasteiger partial charge in [0.2, 0.25) is 0 Å². The van der Waals surface area contributed by atoms with Gasteiger partial charge < -0.3 is 24.3 Å². The summed E-state index contributed by atoms with van der Waals surface area (Å²) in [5, 5.41) is 3.39. The molecule has 1 unspecified atom stereocenters. The predicted molar refractivity (Wildman–Crippen MR) is 144 cm³/mol. The summed E-state index contributed by atoms with van der Waals surface area (Å²) in [5.41, 5.74) is 7.77. The van der Waals surface area contributed by atoms with Gasteiger partial charge in [-0.15, -0.1) is 0 Å². The van der Waals surface area contributed by atoms with Gasteiger partial charge in [0.25, 0.3) is 0 Å². The van der Waals surface area contributed by atoms with Crippen molar-refractivity contribution in [2.75, 3.05) is 19.2 Å². The lowest BCUT2D eigenvalue weighted by atomic mass is 10.1. The van der Waals surface area contributed by atoms with Crippen molar-refractivity contribution in [2.24, 2.45) is 0 Å². The molecule has 11 nitrogen and oxygen atoms in total. The number of nitrogen functional groups attached to an aromatic ring is 1. The van der Waals surface area contributed by atoms with E-state index >= 15 is 0 Å². The van der Waals surface area contributed by atoms with E-state index < -0.39 is 25.6 Å². The number of hydrogen-bond acceptors (Lipinski definition) is 9. The molecule has 0 saturated heterocycles.